The van der Waals surface area contributed by atoms with Crippen LogP contribution in [0.5, 0.6) is 0 Å². The predicted molar refractivity (Wildman–Crippen MR) is 103 cm³/mol. The van der Waals surface area contributed by atoms with Gasteiger partial charge >= 0.3 is 6.18 Å². The van der Waals surface area contributed by atoms with Gasteiger partial charge in [0, 0.05) is 10.9 Å². The van der Waals surface area contributed by atoms with Gasteiger partial charge in [0.15, 0.2) is 5.69 Å². The molecular formula is C18H14Cl2F4N6O. The molecule has 2 heterocycles. The minimum Gasteiger partial charge on any atom is -0.292 e. The molecule has 164 valence electrons. The zero-order chi connectivity index (χ0) is 22.3. The lowest BCUT2D eigenvalue weighted by Crippen LogP contribution is -2.22. The number of amides is 1. The molecule has 13 heteroatoms. The maximum atomic E-state index is 13.1. The van der Waals surface area contributed by atoms with Crippen LogP contribution in [0.4, 0.5) is 23.5 Å². The van der Waals surface area contributed by atoms with Crippen molar-refractivity contribution in [1.82, 2.24) is 24.5 Å². The van der Waals surface area contributed by atoms with Gasteiger partial charge in [-0.2, -0.15) is 18.3 Å². The van der Waals surface area contributed by atoms with Crippen LogP contribution in [0.2, 0.25) is 10.0 Å². The largest absolute Gasteiger partial charge is 0.436 e. The van der Waals surface area contributed by atoms with Gasteiger partial charge in [-0.1, -0.05) is 29.3 Å². The molecule has 1 saturated carbocycles. The van der Waals surface area contributed by atoms with E-state index in [0.717, 1.165) is 4.68 Å². The molecule has 4 rings (SSSR count). The second kappa shape index (κ2) is 8.12. The lowest BCUT2D eigenvalue weighted by Gasteiger charge is -2.06. The highest BCUT2D eigenvalue weighted by molar-refractivity contribution is 6.32. The second-order valence-corrected chi connectivity index (χ2v) is 7.81. The van der Waals surface area contributed by atoms with Gasteiger partial charge in [-0.15, -0.1) is 5.10 Å². The van der Waals surface area contributed by atoms with Crippen molar-refractivity contribution in [3.05, 3.63) is 57.3 Å². The fraction of sp³-hybridized carbons (Fsp3) is 0.333. The number of nitrogens with zero attached hydrogens (tertiary/aromatic N) is 5. The summed E-state index contributed by atoms with van der Waals surface area (Å²) in [7, 11) is 0. The fourth-order valence-corrected chi connectivity index (χ4v) is 3.68. The van der Waals surface area contributed by atoms with E-state index in [2.05, 4.69) is 20.5 Å². The Kier molecular flexibility index (Phi) is 5.65. The highest BCUT2D eigenvalue weighted by Gasteiger charge is 2.42. The van der Waals surface area contributed by atoms with Crippen LogP contribution in [0, 0.1) is 5.82 Å². The van der Waals surface area contributed by atoms with Crippen LogP contribution in [0.3, 0.4) is 0 Å². The van der Waals surface area contributed by atoms with E-state index in [0.29, 0.717) is 18.4 Å². The summed E-state index contributed by atoms with van der Waals surface area (Å²) in [5, 5.41) is 9.73. The summed E-state index contributed by atoms with van der Waals surface area (Å²) in [6.07, 6.45) is -2.02. The van der Waals surface area contributed by atoms with Crippen molar-refractivity contribution in [3.8, 4) is 0 Å². The Hall–Kier alpha value is -2.66. The number of hydrogen-bond acceptors (Lipinski definition) is 4. The van der Waals surface area contributed by atoms with E-state index in [1.807, 2.05) is 0 Å². The summed E-state index contributed by atoms with van der Waals surface area (Å²) >= 11 is 11.9. The lowest BCUT2D eigenvalue weighted by atomic mass is 10.2. The number of carbonyl (C=O) groups excluding carboxylic acids is 1. The summed E-state index contributed by atoms with van der Waals surface area (Å²) in [6.45, 7) is -0.294. The number of alkyl halides is 3. The summed E-state index contributed by atoms with van der Waals surface area (Å²) in [4.78, 5) is 16.3. The second-order valence-electron chi connectivity index (χ2n) is 7.03. The third-order valence-electron chi connectivity index (χ3n) is 4.59. The molecule has 0 unspecified atom stereocenters. The first kappa shape index (κ1) is 21.6. The topological polar surface area (TPSA) is 77.6 Å². The molecule has 0 atom stereocenters. The van der Waals surface area contributed by atoms with E-state index in [1.165, 1.54) is 29.2 Å². The number of halogens is 6. The van der Waals surface area contributed by atoms with Crippen molar-refractivity contribution in [2.24, 2.45) is 0 Å². The average Bonchev–Trinajstić information content (AvgIpc) is 3.31. The van der Waals surface area contributed by atoms with Crippen LogP contribution < -0.4 is 5.32 Å². The Balaban J connectivity index is 1.45. The third-order valence-corrected chi connectivity index (χ3v) is 5.32. The van der Waals surface area contributed by atoms with Crippen molar-refractivity contribution in [3.63, 3.8) is 0 Å². The molecule has 3 aromatic rings. The number of aromatic nitrogens is 5. The lowest BCUT2D eigenvalue weighted by molar-refractivity contribution is -0.141. The Morgan fingerprint density at radius 1 is 1.23 bits per heavy atom. The number of anilines is 1. The monoisotopic (exact) mass is 476 g/mol. The quantitative estimate of drug-likeness (QED) is 0.531. The van der Waals surface area contributed by atoms with Crippen LogP contribution in [-0.4, -0.2) is 30.5 Å². The van der Waals surface area contributed by atoms with Gasteiger partial charge in [0.25, 0.3) is 0 Å². The number of nitrogens with one attached hydrogen (secondary N) is 1. The first-order valence-corrected chi connectivity index (χ1v) is 9.84. The molecule has 1 N–H and O–H groups in total. The fourth-order valence-electron chi connectivity index (χ4n) is 3.05. The number of carbonyl (C=O) groups is 1. The van der Waals surface area contributed by atoms with Gasteiger partial charge in [0.05, 0.1) is 17.3 Å². The average molecular weight is 477 g/mol. The Labute approximate surface area is 183 Å². The van der Waals surface area contributed by atoms with E-state index in [9.17, 15) is 22.4 Å². The van der Waals surface area contributed by atoms with E-state index in [1.54, 1.807) is 0 Å². The molecule has 1 aromatic carbocycles. The van der Waals surface area contributed by atoms with Gasteiger partial charge in [-0.25, -0.2) is 14.1 Å². The highest BCUT2D eigenvalue weighted by atomic mass is 35.5. The number of rotatable bonds is 6. The standard InChI is InChI=1S/C18H14Cl2F4N6O/c19-12-5-11(21)4-3-10(12)6-29-8-25-17(28-29)26-13(31)7-30-15(9-1-2-9)14(20)16(27-30)18(22,23)24/h3-5,8-9H,1-2,6-7H2,(H,26,28,31). The van der Waals surface area contributed by atoms with Crippen LogP contribution in [0.25, 0.3) is 0 Å². The molecule has 31 heavy (non-hydrogen) atoms. The van der Waals surface area contributed by atoms with E-state index in [-0.39, 0.29) is 29.1 Å². The van der Waals surface area contributed by atoms with Gasteiger partial charge in [-0.3, -0.25) is 14.8 Å². The molecule has 1 aliphatic carbocycles. The van der Waals surface area contributed by atoms with E-state index in [4.69, 9.17) is 23.2 Å². The first-order valence-electron chi connectivity index (χ1n) is 9.08. The van der Waals surface area contributed by atoms with Gasteiger partial charge < -0.3 is 0 Å². The molecule has 1 aliphatic rings. The van der Waals surface area contributed by atoms with Gasteiger partial charge in [0.1, 0.15) is 18.7 Å². The number of hydrogen-bond donors (Lipinski definition) is 1. The zero-order valence-electron chi connectivity index (χ0n) is 15.6. The summed E-state index contributed by atoms with van der Waals surface area (Å²) in [5.41, 5.74) is -0.415. The first-order chi connectivity index (χ1) is 14.6. The summed E-state index contributed by atoms with van der Waals surface area (Å²) in [6, 6.07) is 3.91. The SMILES string of the molecule is O=C(Cn1nc(C(F)(F)F)c(Cl)c1C1CC1)Nc1ncn(Cc2ccc(F)cc2Cl)n1. The highest BCUT2D eigenvalue weighted by Crippen LogP contribution is 2.46. The Morgan fingerprint density at radius 3 is 2.61 bits per heavy atom. The van der Waals surface area contributed by atoms with Crippen LogP contribution in [0.15, 0.2) is 24.5 Å². The molecule has 7 nitrogen and oxygen atoms in total. The van der Waals surface area contributed by atoms with Crippen molar-refractivity contribution in [2.75, 3.05) is 5.32 Å². The molecule has 0 aliphatic heterocycles. The third kappa shape index (κ3) is 4.82. The molecular weight excluding hydrogens is 463 g/mol. The minimum atomic E-state index is -4.72. The minimum absolute atomic E-state index is 0.0505. The van der Waals surface area contributed by atoms with E-state index >= 15 is 0 Å². The summed E-state index contributed by atoms with van der Waals surface area (Å²) < 4.78 is 54.9. The van der Waals surface area contributed by atoms with Crippen LogP contribution in [-0.2, 0) is 24.1 Å². The molecule has 0 spiro atoms. The Morgan fingerprint density at radius 2 is 1.97 bits per heavy atom. The van der Waals surface area contributed by atoms with Gasteiger partial charge in [-0.05, 0) is 30.5 Å². The molecule has 1 fully saturated rings. The predicted octanol–water partition coefficient (Wildman–Crippen LogP) is 4.50. The smallest absolute Gasteiger partial charge is 0.292 e. The molecule has 0 saturated heterocycles. The molecule has 0 bridgehead atoms. The van der Waals surface area contributed by atoms with E-state index < -0.39 is 35.2 Å². The zero-order valence-corrected chi connectivity index (χ0v) is 17.1. The van der Waals surface area contributed by atoms with Crippen molar-refractivity contribution < 1.29 is 22.4 Å². The Bertz CT molecular complexity index is 1140. The maximum Gasteiger partial charge on any atom is 0.436 e. The molecule has 1 amide bonds. The number of benzene rings is 1. The molecule has 2 aromatic heterocycles. The van der Waals surface area contributed by atoms with Crippen LogP contribution in [0.1, 0.15) is 35.7 Å². The van der Waals surface area contributed by atoms with Crippen molar-refractivity contribution >= 4 is 35.1 Å². The van der Waals surface area contributed by atoms with Crippen LogP contribution >= 0.6 is 23.2 Å². The maximum absolute atomic E-state index is 13.1. The van der Waals surface area contributed by atoms with Crippen molar-refractivity contribution in [2.45, 2.75) is 38.0 Å². The molecule has 0 radical (unpaired) electrons. The summed E-state index contributed by atoms with van der Waals surface area (Å²) in [5.74, 6) is -1.34. The van der Waals surface area contributed by atoms with Crippen molar-refractivity contribution in [1.29, 1.82) is 0 Å². The normalized spacial score (nSPS) is 14.1. The van der Waals surface area contributed by atoms with Gasteiger partial charge in [0.2, 0.25) is 11.9 Å².